The zero-order valence-corrected chi connectivity index (χ0v) is 12.7. The monoisotopic (exact) mass is 298 g/mol. The van der Waals surface area contributed by atoms with Crippen molar-refractivity contribution in [3.63, 3.8) is 0 Å². The molecule has 20 heavy (non-hydrogen) atoms. The average Bonchev–Trinajstić information content (AvgIpc) is 2.92. The van der Waals surface area contributed by atoms with Crippen LogP contribution in [0.15, 0.2) is 4.42 Å². The van der Waals surface area contributed by atoms with Gasteiger partial charge in [-0.2, -0.15) is 0 Å². The summed E-state index contributed by atoms with van der Waals surface area (Å²) in [5.74, 6) is 2.70. The third-order valence-corrected chi connectivity index (χ3v) is 4.59. The lowest BCUT2D eigenvalue weighted by atomic mass is 9.89. The number of hydrogen-bond donors (Lipinski definition) is 0. The first-order valence-electron chi connectivity index (χ1n) is 7.71. The van der Waals surface area contributed by atoms with Crippen molar-refractivity contribution in [2.24, 2.45) is 0 Å². The smallest absolute Gasteiger partial charge is 0.197 e. The quantitative estimate of drug-likeness (QED) is 0.800. The number of alkyl halides is 1. The summed E-state index contributed by atoms with van der Waals surface area (Å²) in [5, 5.41) is 0. The highest BCUT2D eigenvalue weighted by atomic mass is 35.5. The van der Waals surface area contributed by atoms with E-state index in [0.717, 1.165) is 50.2 Å². The molecule has 5 heteroatoms. The van der Waals surface area contributed by atoms with Crippen LogP contribution < -0.4 is 0 Å². The zero-order valence-electron chi connectivity index (χ0n) is 11.9. The minimum Gasteiger partial charge on any atom is -0.444 e. The molecule has 0 amide bonds. The van der Waals surface area contributed by atoms with Gasteiger partial charge < -0.3 is 9.15 Å². The summed E-state index contributed by atoms with van der Waals surface area (Å²) in [6.07, 6.45) is 6.35. The zero-order chi connectivity index (χ0) is 13.8. The molecule has 1 aromatic heterocycles. The van der Waals surface area contributed by atoms with Gasteiger partial charge in [0.15, 0.2) is 5.89 Å². The van der Waals surface area contributed by atoms with Crippen molar-refractivity contribution in [2.75, 3.05) is 26.3 Å². The highest BCUT2D eigenvalue weighted by molar-refractivity contribution is 6.16. The average molecular weight is 299 g/mol. The lowest BCUT2D eigenvalue weighted by Crippen LogP contribution is -2.35. The molecule has 2 fully saturated rings. The standard InChI is InChI=1S/C15H23ClN2O2/c16-10-14-13(11-18-6-8-19-9-7-18)17-15(20-14)12-4-2-1-3-5-12/h12H,1-11H2. The molecule has 3 rings (SSSR count). The molecule has 0 aromatic carbocycles. The van der Waals surface area contributed by atoms with E-state index in [9.17, 15) is 0 Å². The van der Waals surface area contributed by atoms with Gasteiger partial charge in [0, 0.05) is 25.6 Å². The Morgan fingerprint density at radius 3 is 2.60 bits per heavy atom. The third kappa shape index (κ3) is 3.35. The second-order valence-electron chi connectivity index (χ2n) is 5.78. The van der Waals surface area contributed by atoms with Gasteiger partial charge in [0.1, 0.15) is 5.76 Å². The highest BCUT2D eigenvalue weighted by Gasteiger charge is 2.24. The van der Waals surface area contributed by atoms with Crippen molar-refractivity contribution < 1.29 is 9.15 Å². The molecule has 0 bridgehead atoms. The Morgan fingerprint density at radius 1 is 1.15 bits per heavy atom. The van der Waals surface area contributed by atoms with Crippen LogP contribution in [-0.4, -0.2) is 36.2 Å². The van der Waals surface area contributed by atoms with Crippen LogP contribution in [0.25, 0.3) is 0 Å². The fourth-order valence-electron chi connectivity index (χ4n) is 3.13. The molecule has 112 valence electrons. The molecule has 1 aromatic rings. The summed E-state index contributed by atoms with van der Waals surface area (Å²) in [7, 11) is 0. The van der Waals surface area contributed by atoms with Gasteiger partial charge in [0.2, 0.25) is 0 Å². The van der Waals surface area contributed by atoms with Crippen molar-refractivity contribution in [1.82, 2.24) is 9.88 Å². The van der Waals surface area contributed by atoms with Crippen LogP contribution in [0.2, 0.25) is 0 Å². The van der Waals surface area contributed by atoms with E-state index < -0.39 is 0 Å². The Balaban J connectivity index is 1.70. The normalized spacial score (nSPS) is 22.2. The Hall–Kier alpha value is -0.580. The molecule has 0 spiro atoms. The number of morpholine rings is 1. The van der Waals surface area contributed by atoms with Crippen LogP contribution in [0.3, 0.4) is 0 Å². The molecule has 1 aliphatic heterocycles. The van der Waals surface area contributed by atoms with Crippen LogP contribution in [0.4, 0.5) is 0 Å². The van der Waals surface area contributed by atoms with Gasteiger partial charge in [-0.15, -0.1) is 11.6 Å². The number of nitrogens with zero attached hydrogens (tertiary/aromatic N) is 2. The first kappa shape index (κ1) is 14.4. The predicted octanol–water partition coefficient (Wildman–Crippen LogP) is 3.29. The summed E-state index contributed by atoms with van der Waals surface area (Å²) >= 11 is 6.03. The first-order valence-corrected chi connectivity index (χ1v) is 8.25. The van der Waals surface area contributed by atoms with Crippen molar-refractivity contribution in [3.05, 3.63) is 17.3 Å². The summed E-state index contributed by atoms with van der Waals surface area (Å²) in [6, 6.07) is 0. The maximum atomic E-state index is 6.03. The minimum absolute atomic E-state index is 0.416. The molecule has 2 heterocycles. The molecular formula is C15H23ClN2O2. The number of hydrogen-bond acceptors (Lipinski definition) is 4. The fraction of sp³-hybridized carbons (Fsp3) is 0.800. The maximum Gasteiger partial charge on any atom is 0.197 e. The Bertz CT molecular complexity index is 424. The Labute approximate surface area is 125 Å². The Morgan fingerprint density at radius 2 is 1.90 bits per heavy atom. The second kappa shape index (κ2) is 6.92. The predicted molar refractivity (Wildman–Crippen MR) is 78.0 cm³/mol. The molecule has 0 N–H and O–H groups in total. The van der Waals surface area contributed by atoms with Gasteiger partial charge in [0.25, 0.3) is 0 Å². The van der Waals surface area contributed by atoms with Crippen molar-refractivity contribution >= 4 is 11.6 Å². The number of rotatable bonds is 4. The molecule has 2 aliphatic rings. The van der Waals surface area contributed by atoms with Gasteiger partial charge in [-0.25, -0.2) is 4.98 Å². The topological polar surface area (TPSA) is 38.5 Å². The van der Waals surface area contributed by atoms with Crippen LogP contribution >= 0.6 is 11.6 Å². The molecule has 1 saturated heterocycles. The van der Waals surface area contributed by atoms with Crippen LogP contribution in [0.1, 0.15) is 55.4 Å². The lowest BCUT2D eigenvalue weighted by Gasteiger charge is -2.25. The van der Waals surface area contributed by atoms with Gasteiger partial charge in [0.05, 0.1) is 24.8 Å². The van der Waals surface area contributed by atoms with Gasteiger partial charge >= 0.3 is 0 Å². The van der Waals surface area contributed by atoms with Gasteiger partial charge in [-0.05, 0) is 12.8 Å². The molecule has 1 saturated carbocycles. The van der Waals surface area contributed by atoms with E-state index >= 15 is 0 Å². The van der Waals surface area contributed by atoms with Crippen molar-refractivity contribution in [3.8, 4) is 0 Å². The van der Waals surface area contributed by atoms with E-state index in [1.54, 1.807) is 0 Å². The SMILES string of the molecule is ClCc1oc(C2CCCCC2)nc1CN1CCOCC1. The highest BCUT2D eigenvalue weighted by Crippen LogP contribution is 2.33. The third-order valence-electron chi connectivity index (χ3n) is 4.35. The summed E-state index contributed by atoms with van der Waals surface area (Å²) in [5.41, 5.74) is 1.03. The van der Waals surface area contributed by atoms with E-state index in [0.29, 0.717) is 11.8 Å². The number of ether oxygens (including phenoxy) is 1. The van der Waals surface area contributed by atoms with Crippen molar-refractivity contribution in [2.45, 2.75) is 50.4 Å². The molecule has 0 unspecified atom stereocenters. The fourth-order valence-corrected chi connectivity index (χ4v) is 3.34. The van der Waals surface area contributed by atoms with Crippen LogP contribution in [0, 0.1) is 0 Å². The molecule has 1 aliphatic carbocycles. The molecule has 0 radical (unpaired) electrons. The van der Waals surface area contributed by atoms with E-state index in [-0.39, 0.29) is 0 Å². The lowest BCUT2D eigenvalue weighted by molar-refractivity contribution is 0.0335. The number of halogens is 1. The van der Waals surface area contributed by atoms with E-state index in [2.05, 4.69) is 4.90 Å². The Kier molecular flexibility index (Phi) is 4.97. The van der Waals surface area contributed by atoms with Gasteiger partial charge in [-0.1, -0.05) is 19.3 Å². The summed E-state index contributed by atoms with van der Waals surface area (Å²) < 4.78 is 11.3. The van der Waals surface area contributed by atoms with E-state index in [1.165, 1.54) is 32.1 Å². The number of oxazole rings is 1. The van der Waals surface area contributed by atoms with Crippen LogP contribution in [-0.2, 0) is 17.2 Å². The van der Waals surface area contributed by atoms with E-state index in [4.69, 9.17) is 25.7 Å². The second-order valence-corrected chi connectivity index (χ2v) is 6.05. The summed E-state index contributed by atoms with van der Waals surface area (Å²) in [4.78, 5) is 7.13. The molecule has 4 nitrogen and oxygen atoms in total. The van der Waals surface area contributed by atoms with Crippen molar-refractivity contribution in [1.29, 1.82) is 0 Å². The first-order chi connectivity index (χ1) is 9.86. The van der Waals surface area contributed by atoms with Gasteiger partial charge in [-0.3, -0.25) is 4.90 Å². The maximum absolute atomic E-state index is 6.03. The molecule has 0 atom stereocenters. The van der Waals surface area contributed by atoms with Crippen LogP contribution in [0.5, 0.6) is 0 Å². The van der Waals surface area contributed by atoms with E-state index in [1.807, 2.05) is 0 Å². The number of aromatic nitrogens is 1. The summed E-state index contributed by atoms with van der Waals surface area (Å²) in [6.45, 7) is 4.38. The largest absolute Gasteiger partial charge is 0.444 e. The minimum atomic E-state index is 0.416. The molecular weight excluding hydrogens is 276 g/mol.